The molecule has 0 atom stereocenters. The quantitative estimate of drug-likeness (QED) is 0.364. The fourth-order valence-electron chi connectivity index (χ4n) is 4.67. The minimum atomic E-state index is -0.205. The Labute approximate surface area is 208 Å². The average molecular weight is 482 g/mol. The third-order valence-electron chi connectivity index (χ3n) is 6.54. The highest BCUT2D eigenvalue weighted by Crippen LogP contribution is 2.23. The van der Waals surface area contributed by atoms with E-state index in [4.69, 9.17) is 9.72 Å². The number of hydrogen-bond acceptors (Lipinski definition) is 7. The number of nitrogens with one attached hydrogen (secondary N) is 3. The third-order valence-corrected chi connectivity index (χ3v) is 6.54. The van der Waals surface area contributed by atoms with Crippen LogP contribution >= 0.6 is 0 Å². The summed E-state index contributed by atoms with van der Waals surface area (Å²) < 4.78 is 5.50. The Balaban J connectivity index is 1.22. The summed E-state index contributed by atoms with van der Waals surface area (Å²) in [7, 11) is 0. The van der Waals surface area contributed by atoms with Gasteiger partial charge in [0.05, 0.1) is 25.5 Å². The number of hydrazone groups is 1. The van der Waals surface area contributed by atoms with Crippen LogP contribution in [-0.4, -0.2) is 52.9 Å². The molecule has 0 spiro atoms. The van der Waals surface area contributed by atoms with Gasteiger partial charge in [0.25, 0.3) is 5.91 Å². The number of aromatic amines is 1. The van der Waals surface area contributed by atoms with Crippen molar-refractivity contribution >= 4 is 34.2 Å². The van der Waals surface area contributed by atoms with Gasteiger partial charge in [0.15, 0.2) is 11.6 Å². The number of carbonyl (C=O) groups is 1. The fraction of sp³-hybridized carbons (Fsp3) is 0.259. The zero-order chi connectivity index (χ0) is 24.3. The van der Waals surface area contributed by atoms with Crippen LogP contribution in [0.4, 0.5) is 11.6 Å². The number of rotatable bonds is 6. The van der Waals surface area contributed by atoms with Gasteiger partial charge in [0.1, 0.15) is 11.5 Å². The summed E-state index contributed by atoms with van der Waals surface area (Å²) in [5.41, 5.74) is 8.09. The lowest BCUT2D eigenvalue weighted by Gasteiger charge is -2.28. The monoisotopic (exact) mass is 481 g/mol. The molecule has 9 nitrogen and oxygen atoms in total. The van der Waals surface area contributed by atoms with E-state index in [1.54, 1.807) is 0 Å². The molecule has 0 saturated carbocycles. The molecule has 2 aromatic carbocycles. The van der Waals surface area contributed by atoms with Crippen LogP contribution in [0.5, 0.6) is 0 Å². The van der Waals surface area contributed by atoms with Crippen molar-refractivity contribution in [2.24, 2.45) is 5.10 Å². The Morgan fingerprint density at radius 1 is 1.03 bits per heavy atom. The van der Waals surface area contributed by atoms with Crippen molar-refractivity contribution in [2.75, 3.05) is 36.6 Å². The zero-order valence-corrected chi connectivity index (χ0v) is 19.8. The summed E-state index contributed by atoms with van der Waals surface area (Å²) in [4.78, 5) is 27.5. The van der Waals surface area contributed by atoms with Crippen LogP contribution in [0.15, 0.2) is 65.8 Å². The standard InChI is InChI=1S/C27H27N7O2/c35-27(23-15-19-6-2-4-8-21(19)29-23)28-17-25-30-24(16-26(31-25)34-11-13-36-14-12-34)33-32-22-10-9-18-5-1-3-7-20(18)22/h1-8,15-16,29H,9-14,17H2,(H,28,35)(H,30,31,33). The van der Waals surface area contributed by atoms with Gasteiger partial charge < -0.3 is 19.9 Å². The van der Waals surface area contributed by atoms with Crippen LogP contribution in [0.3, 0.4) is 0 Å². The number of para-hydroxylation sites is 1. The second-order valence-electron chi connectivity index (χ2n) is 8.91. The van der Waals surface area contributed by atoms with Gasteiger partial charge in [-0.05, 0) is 30.5 Å². The van der Waals surface area contributed by atoms with Crippen LogP contribution < -0.4 is 15.6 Å². The van der Waals surface area contributed by atoms with E-state index in [-0.39, 0.29) is 12.5 Å². The van der Waals surface area contributed by atoms with Crippen molar-refractivity contribution in [1.82, 2.24) is 20.3 Å². The van der Waals surface area contributed by atoms with E-state index in [1.165, 1.54) is 11.1 Å². The smallest absolute Gasteiger partial charge is 0.268 e. The third kappa shape index (κ3) is 4.65. The Bertz CT molecular complexity index is 1410. The average Bonchev–Trinajstić information content (AvgIpc) is 3.55. The molecule has 1 fully saturated rings. The Kier molecular flexibility index (Phi) is 6.05. The molecule has 1 saturated heterocycles. The first-order valence-electron chi connectivity index (χ1n) is 12.2. The summed E-state index contributed by atoms with van der Waals surface area (Å²) in [5, 5.41) is 8.60. The number of fused-ring (bicyclic) bond motifs is 2. The molecule has 0 bridgehead atoms. The number of benzene rings is 2. The molecule has 1 amide bonds. The molecule has 0 unspecified atom stereocenters. The molecule has 2 aromatic heterocycles. The van der Waals surface area contributed by atoms with Crippen LogP contribution in [0.1, 0.15) is 33.9 Å². The van der Waals surface area contributed by atoms with Crippen molar-refractivity contribution < 1.29 is 9.53 Å². The molecule has 1 aliphatic carbocycles. The van der Waals surface area contributed by atoms with E-state index < -0.39 is 0 Å². The zero-order valence-electron chi connectivity index (χ0n) is 19.8. The maximum Gasteiger partial charge on any atom is 0.268 e. The molecule has 9 heteroatoms. The van der Waals surface area contributed by atoms with E-state index >= 15 is 0 Å². The number of carbonyl (C=O) groups excluding carboxylic acids is 1. The van der Waals surface area contributed by atoms with Gasteiger partial charge in [-0.15, -0.1) is 0 Å². The van der Waals surface area contributed by atoms with E-state index in [1.807, 2.05) is 42.5 Å². The van der Waals surface area contributed by atoms with E-state index in [9.17, 15) is 4.79 Å². The number of aryl methyl sites for hydroxylation is 1. The van der Waals surface area contributed by atoms with Crippen LogP contribution in [0, 0.1) is 0 Å². The van der Waals surface area contributed by atoms with Gasteiger partial charge in [-0.1, -0.05) is 42.5 Å². The van der Waals surface area contributed by atoms with Crippen molar-refractivity contribution in [3.8, 4) is 0 Å². The summed E-state index contributed by atoms with van der Waals surface area (Å²) >= 11 is 0. The Morgan fingerprint density at radius 3 is 2.75 bits per heavy atom. The number of nitrogens with zero attached hydrogens (tertiary/aromatic N) is 4. The molecule has 2 aliphatic rings. The fourth-order valence-corrected chi connectivity index (χ4v) is 4.67. The summed E-state index contributed by atoms with van der Waals surface area (Å²) in [6.45, 7) is 3.00. The van der Waals surface area contributed by atoms with E-state index in [0.717, 1.165) is 48.4 Å². The minimum absolute atomic E-state index is 0.195. The number of morpholine rings is 1. The minimum Gasteiger partial charge on any atom is -0.378 e. The molecule has 4 aromatic rings. The van der Waals surface area contributed by atoms with Gasteiger partial charge in [-0.3, -0.25) is 10.2 Å². The molecule has 6 rings (SSSR count). The lowest BCUT2D eigenvalue weighted by atomic mass is 10.1. The topological polar surface area (TPSA) is 108 Å². The number of anilines is 2. The number of hydrogen-bond donors (Lipinski definition) is 3. The second-order valence-corrected chi connectivity index (χ2v) is 8.91. The molecule has 3 N–H and O–H groups in total. The summed E-state index contributed by atoms with van der Waals surface area (Å²) in [6.07, 6.45) is 1.88. The first kappa shape index (κ1) is 22.2. The highest BCUT2D eigenvalue weighted by molar-refractivity contribution is 6.04. The second kappa shape index (κ2) is 9.79. The number of aromatic nitrogens is 3. The van der Waals surface area contributed by atoms with Gasteiger partial charge in [-0.25, -0.2) is 9.97 Å². The first-order valence-corrected chi connectivity index (χ1v) is 12.2. The predicted molar refractivity (Wildman–Crippen MR) is 139 cm³/mol. The van der Waals surface area contributed by atoms with Crippen LogP contribution in [0.25, 0.3) is 10.9 Å². The lowest BCUT2D eigenvalue weighted by Crippen LogP contribution is -2.37. The van der Waals surface area contributed by atoms with Gasteiger partial charge in [0, 0.05) is 35.6 Å². The lowest BCUT2D eigenvalue weighted by molar-refractivity contribution is 0.0945. The van der Waals surface area contributed by atoms with Crippen molar-refractivity contribution in [3.05, 3.63) is 83.3 Å². The van der Waals surface area contributed by atoms with Crippen LogP contribution in [-0.2, 0) is 17.7 Å². The van der Waals surface area contributed by atoms with Gasteiger partial charge >= 0.3 is 0 Å². The first-order chi connectivity index (χ1) is 17.7. The number of ether oxygens (including phenoxy) is 1. The predicted octanol–water partition coefficient (Wildman–Crippen LogP) is 3.49. The Hall–Kier alpha value is -4.24. The molecule has 182 valence electrons. The SMILES string of the molecule is O=C(NCc1nc(NN=C2CCc3ccccc32)cc(N2CCOCC2)n1)c1cc2ccccc2[nH]1. The van der Waals surface area contributed by atoms with Gasteiger partial charge in [-0.2, -0.15) is 5.10 Å². The van der Waals surface area contributed by atoms with E-state index in [2.05, 4.69) is 48.9 Å². The van der Waals surface area contributed by atoms with Crippen LogP contribution in [0.2, 0.25) is 0 Å². The molecule has 0 radical (unpaired) electrons. The number of H-pyrrole nitrogens is 1. The molecule has 1 aliphatic heterocycles. The highest BCUT2D eigenvalue weighted by Gasteiger charge is 2.18. The highest BCUT2D eigenvalue weighted by atomic mass is 16.5. The molecular weight excluding hydrogens is 454 g/mol. The van der Waals surface area contributed by atoms with Crippen molar-refractivity contribution in [3.63, 3.8) is 0 Å². The molecule has 3 heterocycles. The van der Waals surface area contributed by atoms with Gasteiger partial charge in [0.2, 0.25) is 0 Å². The summed E-state index contributed by atoms with van der Waals surface area (Å²) in [6, 6.07) is 19.9. The maximum absolute atomic E-state index is 12.8. The molecular formula is C27H27N7O2. The Morgan fingerprint density at radius 2 is 1.86 bits per heavy atom. The largest absolute Gasteiger partial charge is 0.378 e. The van der Waals surface area contributed by atoms with Crippen molar-refractivity contribution in [1.29, 1.82) is 0 Å². The normalized spacial score (nSPS) is 16.3. The maximum atomic E-state index is 12.8. The molecule has 36 heavy (non-hydrogen) atoms. The van der Waals surface area contributed by atoms with Crippen molar-refractivity contribution in [2.45, 2.75) is 19.4 Å². The number of amides is 1. The van der Waals surface area contributed by atoms with E-state index in [0.29, 0.717) is 30.5 Å². The summed E-state index contributed by atoms with van der Waals surface area (Å²) in [5.74, 6) is 1.69.